The average Bonchev–Trinajstić information content (AvgIpc) is 1.66. The van der Waals surface area contributed by atoms with Gasteiger partial charge >= 0.3 is 84.3 Å². The largest absolute Gasteiger partial charge is 2.00 e. The third kappa shape index (κ3) is 19.7. The van der Waals surface area contributed by atoms with E-state index >= 15 is 0 Å². The minimum absolute atomic E-state index is 0. The Morgan fingerprint density at radius 1 is 0.197 bits per heavy atom. The average molecular weight is 2500 g/mol. The van der Waals surface area contributed by atoms with Crippen LogP contribution in [0.2, 0.25) is 0 Å². The molecule has 0 aliphatic carbocycles. The number of hydrogen-bond acceptors (Lipinski definition) is 12. The number of hydrogen-bond donors (Lipinski definition) is 0. The van der Waals surface area contributed by atoms with Crippen LogP contribution in [0.5, 0.6) is 46.5 Å². The van der Waals surface area contributed by atoms with Gasteiger partial charge in [0.1, 0.15) is 0 Å². The molecule has 12 aromatic heterocycles. The summed E-state index contributed by atoms with van der Waals surface area (Å²) in [5.41, 5.74) is 11.0. The molecule has 20 heteroatoms. The van der Waals surface area contributed by atoms with Crippen LogP contribution >= 0.6 is 30.1 Å². The standard InChI is InChI=1S/4C28H17N2OP.4Pt/c4*1-2-11-25-23(10-1)24-15-14-21(19-26(24)32(25)28-13-4-6-17-30-28)20-8-7-9-22(18-20)31-27-12-3-5-16-29-27;;;;/h4*1-17H;;;;/q4*-2;4*+2/i17D;13D;6D;4D;;;;. The molecule has 0 spiro atoms. The van der Waals surface area contributed by atoms with Crippen LogP contribution in [0.25, 0.3) is 150 Å². The second-order valence-corrected chi connectivity index (χ2v) is 37.4. The SMILES string of the molecule is [2H]c1ccc(-p2c3[c-]c(-c4[c-]c(Oc5ccccn5)ccc4)ccc3c3ccccc32)nc1.[2H]c1cccc(-p2c3[c-]c(-c4[c-]c(Oc5ccccn5)ccc4)ccc3c3ccccc32)n1.[2H]c1cccnc1-p1c2[c-]c(-c3[c-]c(Oc4ccccn4)ccc3)ccc2c2ccccc21.[2H]c1ccnc(-p2c3[c-]c(-c4[c-]c(Oc5ccccn5)ccc4)ccc3c3ccccc32)c1.[Pt+2].[Pt+2].[Pt+2].[Pt+2]. The molecule has 132 heavy (non-hydrogen) atoms. The van der Waals surface area contributed by atoms with Crippen LogP contribution < -0.4 is 18.9 Å². The second-order valence-electron chi connectivity index (χ2n) is 29.2. The van der Waals surface area contributed by atoms with Gasteiger partial charge in [-0.2, -0.15) is 97.1 Å². The molecule has 0 aliphatic rings. The van der Waals surface area contributed by atoms with Crippen molar-refractivity contribution in [2.45, 2.75) is 0 Å². The van der Waals surface area contributed by atoms with E-state index in [1.165, 1.54) is 58.2 Å². The van der Waals surface area contributed by atoms with Gasteiger partial charge in [-0.25, -0.2) is 64.4 Å². The maximum absolute atomic E-state index is 8.48. The van der Waals surface area contributed by atoms with E-state index in [-0.39, 0.29) is 90.4 Å². The van der Waals surface area contributed by atoms with Crippen molar-refractivity contribution in [1.82, 2.24) is 39.9 Å². The van der Waals surface area contributed by atoms with Crippen LogP contribution in [0.15, 0.2) is 413 Å². The molecule has 640 valence electrons. The zero-order valence-electron chi connectivity index (χ0n) is 73.2. The molecule has 0 amide bonds. The summed E-state index contributed by atoms with van der Waals surface area (Å²) in [7, 11) is -3.57. The van der Waals surface area contributed by atoms with Crippen molar-refractivity contribution in [3.05, 3.63) is 462 Å². The van der Waals surface area contributed by atoms with E-state index in [1.54, 1.807) is 67.6 Å². The monoisotopic (exact) mass is 2500 g/mol. The smallest absolute Gasteiger partial charge is 0.460 e. The predicted octanol–water partition coefficient (Wildman–Crippen LogP) is 31.3. The minimum atomic E-state index is -0.956. The summed E-state index contributed by atoms with van der Waals surface area (Å²) in [4.78, 5) is 35.3. The number of rotatable bonds is 16. The summed E-state index contributed by atoms with van der Waals surface area (Å²) in [5, 5.41) is 19.1. The fourth-order valence-electron chi connectivity index (χ4n) is 15.6. The number of ether oxygens (including phenoxy) is 4. The molecule has 0 saturated heterocycles. The van der Waals surface area contributed by atoms with E-state index in [2.05, 4.69) is 234 Å². The van der Waals surface area contributed by atoms with E-state index < -0.39 is 30.1 Å². The van der Waals surface area contributed by atoms with Gasteiger partial charge in [-0.15, -0.1) is 72.8 Å². The Morgan fingerprint density at radius 2 is 0.485 bits per heavy atom. The van der Waals surface area contributed by atoms with Crippen LogP contribution in [0.3, 0.4) is 0 Å². The van der Waals surface area contributed by atoms with Gasteiger partial charge in [0.2, 0.25) is 23.5 Å². The van der Waals surface area contributed by atoms with E-state index in [0.717, 1.165) is 92.1 Å². The molecule has 24 aromatic rings. The van der Waals surface area contributed by atoms with Gasteiger partial charge in [-0.3, -0.25) is 19.9 Å². The van der Waals surface area contributed by atoms with Crippen LogP contribution in [0.1, 0.15) is 5.48 Å². The van der Waals surface area contributed by atoms with Crippen molar-refractivity contribution in [3.63, 3.8) is 0 Å². The van der Waals surface area contributed by atoms with Gasteiger partial charge in [-0.1, -0.05) is 218 Å². The van der Waals surface area contributed by atoms with E-state index in [1.807, 2.05) is 176 Å². The maximum atomic E-state index is 8.48. The van der Waals surface area contributed by atoms with Gasteiger partial charge in [0.05, 0.1) is 27.2 Å². The van der Waals surface area contributed by atoms with Crippen LogP contribution in [0.4, 0.5) is 0 Å². The normalized spacial score (nSPS) is 11.8. The Balaban J connectivity index is 0.000000125. The zero-order chi connectivity index (χ0) is 88.8. The molecule has 24 rings (SSSR count). The second kappa shape index (κ2) is 42.5. The van der Waals surface area contributed by atoms with E-state index in [0.29, 0.717) is 64.6 Å². The Kier molecular flexibility index (Phi) is 27.6. The molecule has 0 N–H and O–H groups in total. The first-order chi connectivity index (χ1) is 65.1. The number of fused-ring (bicyclic) bond motifs is 12. The summed E-state index contributed by atoms with van der Waals surface area (Å²) in [5.74, 6) is 4.55. The van der Waals surface area contributed by atoms with Gasteiger partial charge in [0, 0.05) is 96.8 Å². The molecule has 12 heterocycles. The Morgan fingerprint density at radius 3 is 0.818 bits per heavy atom. The van der Waals surface area contributed by atoms with E-state index in [4.69, 9.17) is 24.4 Å². The third-order valence-corrected chi connectivity index (χ3v) is 30.7. The molecule has 0 aliphatic heterocycles. The fraction of sp³-hybridized carbons (Fsp3) is 0. The molecule has 12 aromatic carbocycles. The van der Waals surface area contributed by atoms with Crippen molar-refractivity contribution in [1.29, 1.82) is 0 Å². The zero-order valence-corrected chi connectivity index (χ0v) is 81.9. The maximum Gasteiger partial charge on any atom is 2.00 e. The molecular weight excluding hydrogens is 2430 g/mol. The summed E-state index contributed by atoms with van der Waals surface area (Å²) in [6.07, 6.45) is 12.2. The third-order valence-electron chi connectivity index (χ3n) is 21.3. The Bertz CT molecular complexity index is 8160. The molecule has 4 unspecified atom stereocenters. The number of aromatic nitrogens is 8. The van der Waals surface area contributed by atoms with Crippen molar-refractivity contribution >= 4 is 114 Å². The first kappa shape index (κ1) is 85.8. The summed E-state index contributed by atoms with van der Waals surface area (Å²) < 4.78 is 55.9. The van der Waals surface area contributed by atoms with Crippen LogP contribution in [-0.2, 0) is 84.3 Å². The molecule has 4 atom stereocenters. The number of nitrogens with zero attached hydrogens (tertiary/aromatic N) is 8. The molecule has 0 fully saturated rings. The summed E-state index contributed by atoms with van der Waals surface area (Å²) >= 11 is 0. The number of pyridine rings is 8. The number of benzene rings is 12. The van der Waals surface area contributed by atoms with Crippen molar-refractivity contribution in [2.24, 2.45) is 0 Å². The Labute approximate surface area is 829 Å². The fourth-order valence-corrected chi connectivity index (χ4v) is 25.4. The quantitative estimate of drug-likeness (QED) is 0.0851. The Hall–Kier alpha value is -13.0. The van der Waals surface area contributed by atoms with Crippen LogP contribution in [0, 0.1) is 48.5 Å². The molecule has 0 bridgehead atoms. The summed E-state index contributed by atoms with van der Waals surface area (Å²) in [6, 6.07) is 142. The van der Waals surface area contributed by atoms with Crippen molar-refractivity contribution in [3.8, 4) is 113 Å². The van der Waals surface area contributed by atoms with E-state index in [9.17, 15) is 0 Å². The molecule has 12 nitrogen and oxygen atoms in total. The first-order valence-electron chi connectivity index (χ1n) is 43.1. The van der Waals surface area contributed by atoms with Crippen molar-refractivity contribution in [2.75, 3.05) is 0 Å². The minimum Gasteiger partial charge on any atom is -0.460 e. The topological polar surface area (TPSA) is 140 Å². The van der Waals surface area contributed by atoms with Gasteiger partial charge < -0.3 is 18.9 Å². The van der Waals surface area contributed by atoms with Crippen LogP contribution in [-0.4, -0.2) is 39.9 Å². The molecule has 0 radical (unpaired) electrons. The van der Waals surface area contributed by atoms with Crippen molar-refractivity contribution < 1.29 is 109 Å². The first-order valence-corrected chi connectivity index (χ1v) is 46.4. The van der Waals surface area contributed by atoms with Gasteiger partial charge in [0.15, 0.2) is 0 Å². The molecular formula is C112H68N8O4P4Pt4. The molecule has 0 saturated carbocycles. The van der Waals surface area contributed by atoms with Gasteiger partial charge in [0.25, 0.3) is 0 Å². The van der Waals surface area contributed by atoms with Gasteiger partial charge in [-0.05, 0) is 115 Å². The predicted molar refractivity (Wildman–Crippen MR) is 523 cm³/mol. The summed E-state index contributed by atoms with van der Waals surface area (Å²) in [6.45, 7) is 0.